The first-order chi connectivity index (χ1) is 12.6. The highest BCUT2D eigenvalue weighted by Gasteiger charge is 2.26. The maximum atomic E-state index is 12.3. The van der Waals surface area contributed by atoms with Gasteiger partial charge in [0.15, 0.2) is 5.82 Å². The minimum Gasteiger partial charge on any atom is -0.337 e. The topological polar surface area (TPSA) is 77.7 Å². The van der Waals surface area contributed by atoms with Gasteiger partial charge >= 0.3 is 0 Å². The van der Waals surface area contributed by atoms with Crippen molar-refractivity contribution in [3.8, 4) is 11.5 Å². The minimum atomic E-state index is 0.239. The first kappa shape index (κ1) is 16.8. The molecule has 0 saturated carbocycles. The molecule has 2 N–H and O–H groups in total. The van der Waals surface area contributed by atoms with Crippen LogP contribution < -0.4 is 0 Å². The number of aromatic nitrogens is 4. The summed E-state index contributed by atoms with van der Waals surface area (Å²) in [6, 6.07) is 4.24. The molecule has 0 aliphatic carbocycles. The predicted octanol–water partition coefficient (Wildman–Crippen LogP) is 3.64. The summed E-state index contributed by atoms with van der Waals surface area (Å²) in [5, 5.41) is 7.64. The van der Waals surface area contributed by atoms with Crippen molar-refractivity contribution in [2.45, 2.75) is 53.0 Å². The van der Waals surface area contributed by atoms with Gasteiger partial charge in [0.25, 0.3) is 0 Å². The van der Waals surface area contributed by atoms with E-state index in [1.807, 2.05) is 4.90 Å². The van der Waals surface area contributed by atoms with Gasteiger partial charge in [0.2, 0.25) is 5.91 Å². The van der Waals surface area contributed by atoms with Crippen molar-refractivity contribution in [1.29, 1.82) is 0 Å². The van der Waals surface area contributed by atoms with E-state index in [9.17, 15) is 4.79 Å². The van der Waals surface area contributed by atoms with Gasteiger partial charge < -0.3 is 9.88 Å². The quantitative estimate of drug-likeness (QED) is 0.753. The van der Waals surface area contributed by atoms with Gasteiger partial charge in [-0.05, 0) is 49.9 Å². The zero-order chi connectivity index (χ0) is 18.3. The molecule has 3 heterocycles. The summed E-state index contributed by atoms with van der Waals surface area (Å²) < 4.78 is 0. The zero-order valence-corrected chi connectivity index (χ0v) is 15.6. The SMILES string of the molecule is CCCCC(=O)N1CCc2c(-c3nc4cc(C)c(C)cc4[nH]3)n[nH]c2C1. The molecule has 0 saturated heterocycles. The number of aromatic amines is 2. The molecular formula is C20H25N5O. The van der Waals surface area contributed by atoms with Crippen molar-refractivity contribution in [3.63, 3.8) is 0 Å². The lowest BCUT2D eigenvalue weighted by molar-refractivity contribution is -0.132. The van der Waals surface area contributed by atoms with E-state index in [-0.39, 0.29) is 5.91 Å². The smallest absolute Gasteiger partial charge is 0.222 e. The molecule has 6 heteroatoms. The van der Waals surface area contributed by atoms with Crippen molar-refractivity contribution in [2.75, 3.05) is 6.54 Å². The number of unbranched alkanes of at least 4 members (excludes halogenated alkanes) is 1. The number of rotatable bonds is 4. The molecule has 0 spiro atoms. The monoisotopic (exact) mass is 351 g/mol. The Morgan fingerprint density at radius 1 is 1.27 bits per heavy atom. The van der Waals surface area contributed by atoms with Crippen molar-refractivity contribution in [3.05, 3.63) is 34.5 Å². The minimum absolute atomic E-state index is 0.239. The number of hydrogen-bond acceptors (Lipinski definition) is 3. The molecule has 2 aromatic heterocycles. The Hall–Kier alpha value is -2.63. The van der Waals surface area contributed by atoms with Crippen molar-refractivity contribution < 1.29 is 4.79 Å². The maximum absolute atomic E-state index is 12.3. The number of aryl methyl sites for hydroxylation is 2. The third kappa shape index (κ3) is 2.89. The Morgan fingerprint density at radius 2 is 2.08 bits per heavy atom. The maximum Gasteiger partial charge on any atom is 0.222 e. The fraction of sp³-hybridized carbons (Fsp3) is 0.450. The van der Waals surface area contributed by atoms with Crippen LogP contribution in [0.1, 0.15) is 48.6 Å². The van der Waals surface area contributed by atoms with E-state index in [2.05, 4.69) is 48.1 Å². The Balaban J connectivity index is 1.61. The number of H-pyrrole nitrogens is 2. The van der Waals surface area contributed by atoms with Crippen LogP contribution in [-0.2, 0) is 17.8 Å². The molecule has 136 valence electrons. The number of carbonyl (C=O) groups is 1. The number of nitrogens with one attached hydrogen (secondary N) is 2. The van der Waals surface area contributed by atoms with Gasteiger partial charge in [-0.2, -0.15) is 5.10 Å². The Labute approximate surface area is 153 Å². The number of hydrogen-bond donors (Lipinski definition) is 2. The first-order valence-corrected chi connectivity index (χ1v) is 9.38. The van der Waals surface area contributed by atoms with Gasteiger partial charge in [-0.15, -0.1) is 0 Å². The molecule has 3 aromatic rings. The van der Waals surface area contributed by atoms with E-state index in [1.54, 1.807) is 0 Å². The molecule has 0 radical (unpaired) electrons. The second kappa shape index (κ2) is 6.59. The lowest BCUT2D eigenvalue weighted by Gasteiger charge is -2.26. The third-order valence-electron chi connectivity index (χ3n) is 5.35. The summed E-state index contributed by atoms with van der Waals surface area (Å²) >= 11 is 0. The van der Waals surface area contributed by atoms with Crippen LogP contribution in [0, 0.1) is 13.8 Å². The van der Waals surface area contributed by atoms with Crippen LogP contribution in [0.4, 0.5) is 0 Å². The molecular weight excluding hydrogens is 326 g/mol. The van der Waals surface area contributed by atoms with Crippen LogP contribution >= 0.6 is 0 Å². The van der Waals surface area contributed by atoms with Gasteiger partial charge in [-0.25, -0.2) is 4.98 Å². The standard InChI is InChI=1S/C20H25N5O/c1-4-5-6-18(26)25-8-7-14-17(11-25)23-24-19(14)20-21-15-9-12(2)13(3)10-16(15)22-20/h9-10H,4-8,11H2,1-3H3,(H,21,22)(H,23,24). The van der Waals surface area contributed by atoms with E-state index < -0.39 is 0 Å². The molecule has 0 atom stereocenters. The Bertz CT molecular complexity index is 929. The fourth-order valence-corrected chi connectivity index (χ4v) is 3.59. The normalized spacial score (nSPS) is 14.0. The van der Waals surface area contributed by atoms with Crippen LogP contribution in [0.25, 0.3) is 22.6 Å². The number of fused-ring (bicyclic) bond motifs is 2. The number of benzene rings is 1. The zero-order valence-electron chi connectivity index (χ0n) is 15.6. The molecule has 0 unspecified atom stereocenters. The number of amides is 1. The Morgan fingerprint density at radius 3 is 2.88 bits per heavy atom. The fourth-order valence-electron chi connectivity index (χ4n) is 3.59. The summed E-state index contributed by atoms with van der Waals surface area (Å²) in [5.74, 6) is 1.04. The van der Waals surface area contributed by atoms with Gasteiger partial charge in [0.1, 0.15) is 5.69 Å². The summed E-state index contributed by atoms with van der Waals surface area (Å²) in [6.07, 6.45) is 3.45. The molecule has 4 rings (SSSR count). The van der Waals surface area contributed by atoms with E-state index in [4.69, 9.17) is 4.98 Å². The van der Waals surface area contributed by atoms with E-state index in [0.717, 1.165) is 54.1 Å². The molecule has 0 fully saturated rings. The van der Waals surface area contributed by atoms with Gasteiger partial charge in [0.05, 0.1) is 23.3 Å². The van der Waals surface area contributed by atoms with Crippen LogP contribution in [0.2, 0.25) is 0 Å². The highest BCUT2D eigenvalue weighted by atomic mass is 16.2. The van der Waals surface area contributed by atoms with Crippen molar-refractivity contribution in [1.82, 2.24) is 25.1 Å². The third-order valence-corrected chi connectivity index (χ3v) is 5.35. The summed E-state index contributed by atoms with van der Waals surface area (Å²) in [4.78, 5) is 22.4. The largest absolute Gasteiger partial charge is 0.337 e. The second-order valence-corrected chi connectivity index (χ2v) is 7.24. The first-order valence-electron chi connectivity index (χ1n) is 9.38. The highest BCUT2D eigenvalue weighted by molar-refractivity contribution is 5.81. The van der Waals surface area contributed by atoms with Crippen LogP contribution in [0.3, 0.4) is 0 Å². The predicted molar refractivity (Wildman–Crippen MR) is 102 cm³/mol. The lowest BCUT2D eigenvalue weighted by atomic mass is 10.0. The van der Waals surface area contributed by atoms with Crippen LogP contribution in [0.5, 0.6) is 0 Å². The average molecular weight is 351 g/mol. The van der Waals surface area contributed by atoms with Gasteiger partial charge in [-0.1, -0.05) is 13.3 Å². The highest BCUT2D eigenvalue weighted by Crippen LogP contribution is 2.29. The summed E-state index contributed by atoms with van der Waals surface area (Å²) in [6.45, 7) is 7.68. The summed E-state index contributed by atoms with van der Waals surface area (Å²) in [7, 11) is 0. The molecule has 1 amide bonds. The second-order valence-electron chi connectivity index (χ2n) is 7.24. The number of nitrogens with zero attached hydrogens (tertiary/aromatic N) is 3. The average Bonchev–Trinajstić information content (AvgIpc) is 3.22. The molecule has 1 aliphatic heterocycles. The van der Waals surface area contributed by atoms with Crippen molar-refractivity contribution in [2.24, 2.45) is 0 Å². The van der Waals surface area contributed by atoms with E-state index in [1.165, 1.54) is 16.7 Å². The Kier molecular flexibility index (Phi) is 4.26. The molecule has 0 bridgehead atoms. The van der Waals surface area contributed by atoms with Crippen LogP contribution in [-0.4, -0.2) is 37.5 Å². The van der Waals surface area contributed by atoms with E-state index in [0.29, 0.717) is 13.0 Å². The summed E-state index contributed by atoms with van der Waals surface area (Å²) in [5.41, 5.74) is 7.58. The number of carbonyl (C=O) groups excluding carboxylic acids is 1. The van der Waals surface area contributed by atoms with Crippen LogP contribution in [0.15, 0.2) is 12.1 Å². The number of imidazole rings is 1. The molecule has 6 nitrogen and oxygen atoms in total. The van der Waals surface area contributed by atoms with Gasteiger partial charge in [-0.3, -0.25) is 9.89 Å². The van der Waals surface area contributed by atoms with Crippen molar-refractivity contribution >= 4 is 16.9 Å². The van der Waals surface area contributed by atoms with Gasteiger partial charge in [0, 0.05) is 18.5 Å². The molecule has 1 aromatic carbocycles. The molecule has 26 heavy (non-hydrogen) atoms. The lowest BCUT2D eigenvalue weighted by Crippen LogP contribution is -2.35. The molecule has 1 aliphatic rings. The van der Waals surface area contributed by atoms with E-state index >= 15 is 0 Å².